The van der Waals surface area contributed by atoms with Crippen LogP contribution in [0.3, 0.4) is 0 Å². The van der Waals surface area contributed by atoms with Crippen molar-refractivity contribution in [3.05, 3.63) is 48.3 Å². The molecule has 8 heteroatoms. The molecule has 1 saturated heterocycles. The van der Waals surface area contributed by atoms with Gasteiger partial charge in [0.2, 0.25) is 0 Å². The van der Waals surface area contributed by atoms with E-state index in [9.17, 15) is 0 Å². The zero-order valence-electron chi connectivity index (χ0n) is 17.4. The highest BCUT2D eigenvalue weighted by Crippen LogP contribution is 2.34. The van der Waals surface area contributed by atoms with E-state index in [4.69, 9.17) is 9.73 Å². The Hall–Kier alpha value is -1.26. The molecule has 0 amide bonds. The third-order valence-electron chi connectivity index (χ3n) is 5.20. The number of nitrogens with zero attached hydrogens (tertiary/aromatic N) is 3. The van der Waals surface area contributed by atoms with Gasteiger partial charge in [0.1, 0.15) is 0 Å². The Morgan fingerprint density at radius 3 is 2.79 bits per heavy atom. The molecule has 0 spiro atoms. The summed E-state index contributed by atoms with van der Waals surface area (Å²) in [5.41, 5.74) is 2.26. The highest BCUT2D eigenvalue weighted by molar-refractivity contribution is 14.0. The number of nitrogens with one attached hydrogen (secondary N) is 2. The maximum atomic E-state index is 5.54. The molecule has 29 heavy (non-hydrogen) atoms. The summed E-state index contributed by atoms with van der Waals surface area (Å²) in [6.45, 7) is 7.55. The summed E-state index contributed by atoms with van der Waals surface area (Å²) >= 11 is 1.92. The Morgan fingerprint density at radius 2 is 2.14 bits per heavy atom. The molecule has 6 nitrogen and oxygen atoms in total. The largest absolute Gasteiger partial charge is 0.381 e. The Labute approximate surface area is 195 Å². The lowest BCUT2D eigenvalue weighted by atomic mass is 9.99. The van der Waals surface area contributed by atoms with Crippen molar-refractivity contribution in [2.24, 2.45) is 4.99 Å². The van der Waals surface area contributed by atoms with E-state index < -0.39 is 0 Å². The molecule has 2 heterocycles. The van der Waals surface area contributed by atoms with Crippen LogP contribution in [-0.4, -0.2) is 53.0 Å². The molecule has 1 unspecified atom stereocenters. The van der Waals surface area contributed by atoms with Crippen LogP contribution >= 0.6 is 35.7 Å². The number of thioether (sulfide) groups is 1. The first-order valence-corrected chi connectivity index (χ1v) is 11.2. The van der Waals surface area contributed by atoms with Crippen LogP contribution in [0.4, 0.5) is 0 Å². The van der Waals surface area contributed by atoms with Gasteiger partial charge in [-0.25, -0.2) is 4.68 Å². The summed E-state index contributed by atoms with van der Waals surface area (Å²) in [5.74, 6) is 0.861. The quantitative estimate of drug-likeness (QED) is 0.323. The topological polar surface area (TPSA) is 63.5 Å². The van der Waals surface area contributed by atoms with Gasteiger partial charge in [-0.05, 0) is 56.7 Å². The second-order valence-electron chi connectivity index (χ2n) is 7.11. The summed E-state index contributed by atoms with van der Waals surface area (Å²) < 4.78 is 7.61. The van der Waals surface area contributed by atoms with Crippen molar-refractivity contribution in [1.29, 1.82) is 0 Å². The number of halogens is 1. The molecule has 0 radical (unpaired) electrons. The molecule has 160 valence electrons. The summed E-state index contributed by atoms with van der Waals surface area (Å²) in [6, 6.07) is 10.5. The highest BCUT2D eigenvalue weighted by Gasteiger charge is 2.31. The van der Waals surface area contributed by atoms with E-state index in [1.165, 1.54) is 5.56 Å². The van der Waals surface area contributed by atoms with E-state index in [0.717, 1.165) is 50.8 Å². The first kappa shape index (κ1) is 24.0. The molecule has 1 fully saturated rings. The zero-order valence-corrected chi connectivity index (χ0v) is 20.6. The molecular formula is C21H32IN5OS. The summed E-state index contributed by atoms with van der Waals surface area (Å²) in [6.07, 6.45) is 8.04. The summed E-state index contributed by atoms with van der Waals surface area (Å²) in [7, 11) is 0. The van der Waals surface area contributed by atoms with Gasteiger partial charge in [0.15, 0.2) is 5.96 Å². The predicted octanol–water partition coefficient (Wildman–Crippen LogP) is 4.02. The molecule has 0 aliphatic carbocycles. The molecule has 2 aromatic rings. The molecule has 1 aliphatic heterocycles. The summed E-state index contributed by atoms with van der Waals surface area (Å²) in [5, 5.41) is 11.3. The zero-order chi connectivity index (χ0) is 19.8. The molecular weight excluding hydrogens is 497 g/mol. The van der Waals surface area contributed by atoms with Crippen LogP contribution in [0.5, 0.6) is 0 Å². The van der Waals surface area contributed by atoms with Crippen LogP contribution in [0.25, 0.3) is 5.69 Å². The lowest BCUT2D eigenvalue weighted by Gasteiger charge is -2.34. The van der Waals surface area contributed by atoms with Gasteiger partial charge in [-0.3, -0.25) is 4.99 Å². The fourth-order valence-electron chi connectivity index (χ4n) is 3.36. The number of ether oxygens (including phenoxy) is 1. The lowest BCUT2D eigenvalue weighted by Crippen LogP contribution is -2.41. The van der Waals surface area contributed by atoms with Crippen molar-refractivity contribution in [3.8, 4) is 5.69 Å². The molecule has 1 aromatic carbocycles. The maximum absolute atomic E-state index is 5.54. The van der Waals surface area contributed by atoms with Gasteiger partial charge in [-0.2, -0.15) is 16.9 Å². The van der Waals surface area contributed by atoms with Crippen LogP contribution in [0.15, 0.2) is 47.7 Å². The van der Waals surface area contributed by atoms with E-state index in [-0.39, 0.29) is 34.8 Å². The van der Waals surface area contributed by atoms with E-state index in [1.54, 1.807) is 6.20 Å². The Bertz CT molecular complexity index is 762. The van der Waals surface area contributed by atoms with Crippen molar-refractivity contribution in [2.75, 3.05) is 32.6 Å². The Kier molecular flexibility index (Phi) is 9.78. The molecule has 1 aliphatic rings. The molecule has 3 rings (SSSR count). The highest BCUT2D eigenvalue weighted by atomic mass is 127. The van der Waals surface area contributed by atoms with Crippen molar-refractivity contribution in [3.63, 3.8) is 0 Å². The normalized spacial score (nSPS) is 17.3. The molecule has 2 N–H and O–H groups in total. The summed E-state index contributed by atoms with van der Waals surface area (Å²) in [4.78, 5) is 4.92. The second-order valence-corrected chi connectivity index (χ2v) is 8.38. The van der Waals surface area contributed by atoms with Gasteiger partial charge in [0, 0.05) is 36.9 Å². The SMILES string of the molecule is CCNC(=NCC1(SC)CCOCC1)NC(C)c1cccc(-n2cccn2)c1.I. The van der Waals surface area contributed by atoms with Gasteiger partial charge < -0.3 is 15.4 Å². The number of benzene rings is 1. The van der Waals surface area contributed by atoms with Gasteiger partial charge in [-0.1, -0.05) is 12.1 Å². The smallest absolute Gasteiger partial charge is 0.191 e. The molecule has 0 bridgehead atoms. The first-order valence-electron chi connectivity index (χ1n) is 9.93. The van der Waals surface area contributed by atoms with Crippen LogP contribution in [0, 0.1) is 0 Å². The third-order valence-corrected chi connectivity index (χ3v) is 6.60. The maximum Gasteiger partial charge on any atom is 0.191 e. The van der Waals surface area contributed by atoms with Crippen LogP contribution < -0.4 is 10.6 Å². The van der Waals surface area contributed by atoms with Gasteiger partial charge in [0.25, 0.3) is 0 Å². The monoisotopic (exact) mass is 529 g/mol. The average molecular weight is 529 g/mol. The number of aromatic nitrogens is 2. The lowest BCUT2D eigenvalue weighted by molar-refractivity contribution is 0.0794. The van der Waals surface area contributed by atoms with Gasteiger partial charge in [0.05, 0.1) is 18.3 Å². The number of hydrogen-bond acceptors (Lipinski definition) is 4. The Morgan fingerprint density at radius 1 is 1.34 bits per heavy atom. The van der Waals surface area contributed by atoms with Crippen molar-refractivity contribution < 1.29 is 4.74 Å². The van der Waals surface area contributed by atoms with E-state index in [0.29, 0.717) is 0 Å². The van der Waals surface area contributed by atoms with Crippen LogP contribution in [0.2, 0.25) is 0 Å². The second kappa shape index (κ2) is 11.8. The Balaban J connectivity index is 0.00000300. The van der Waals surface area contributed by atoms with Crippen LogP contribution in [0.1, 0.15) is 38.3 Å². The number of rotatable bonds is 7. The number of guanidine groups is 1. The van der Waals surface area contributed by atoms with Crippen LogP contribution in [-0.2, 0) is 4.74 Å². The first-order chi connectivity index (χ1) is 13.7. The fourth-order valence-corrected chi connectivity index (χ4v) is 4.13. The minimum Gasteiger partial charge on any atom is -0.381 e. The third kappa shape index (κ3) is 6.62. The van der Waals surface area contributed by atoms with Gasteiger partial charge in [-0.15, -0.1) is 24.0 Å². The van der Waals surface area contributed by atoms with Crippen molar-refractivity contribution in [1.82, 2.24) is 20.4 Å². The minimum atomic E-state index is 0. The average Bonchev–Trinajstić information content (AvgIpc) is 3.28. The van der Waals surface area contributed by atoms with Crippen molar-refractivity contribution in [2.45, 2.75) is 37.5 Å². The minimum absolute atomic E-state index is 0. The molecule has 0 saturated carbocycles. The van der Waals surface area contributed by atoms with E-state index >= 15 is 0 Å². The van der Waals surface area contributed by atoms with E-state index in [1.807, 2.05) is 28.7 Å². The standard InChI is InChI=1S/C21H31N5OS.HI/c1-4-22-20(23-16-21(28-3)9-13-27-14-10-21)25-17(2)18-7-5-8-19(15-18)26-12-6-11-24-26;/h5-8,11-12,15,17H,4,9-10,13-14,16H2,1-3H3,(H2,22,23,25);1H. The van der Waals surface area contributed by atoms with Gasteiger partial charge >= 0.3 is 0 Å². The molecule has 1 atom stereocenters. The predicted molar refractivity (Wildman–Crippen MR) is 133 cm³/mol. The molecule has 1 aromatic heterocycles. The number of aliphatic imine (C=N–C) groups is 1. The van der Waals surface area contributed by atoms with Crippen molar-refractivity contribution >= 4 is 41.7 Å². The number of hydrogen-bond donors (Lipinski definition) is 2. The fraction of sp³-hybridized carbons (Fsp3) is 0.524. The van der Waals surface area contributed by atoms with E-state index in [2.05, 4.69) is 60.1 Å².